The zero-order valence-electron chi connectivity index (χ0n) is 4.97. The second-order valence-corrected chi connectivity index (χ2v) is 4.48. The van der Waals surface area contributed by atoms with Crippen molar-refractivity contribution in [1.82, 2.24) is 4.98 Å². The number of hydrogen-bond donors (Lipinski definition) is 1. The topological polar surface area (TPSA) is 38.9 Å². The van der Waals surface area contributed by atoms with Crippen LogP contribution in [0, 0.1) is 0 Å². The van der Waals surface area contributed by atoms with Gasteiger partial charge in [0.15, 0.2) is 5.13 Å². The Bertz CT molecular complexity index is 197. The molecule has 2 nitrogen and oxygen atoms in total. The zero-order chi connectivity index (χ0) is 6.85. The van der Waals surface area contributed by atoms with Gasteiger partial charge in [0.25, 0.3) is 0 Å². The number of thiazole rings is 1. The minimum atomic E-state index is 0.469. The van der Waals surface area contributed by atoms with E-state index in [1.165, 1.54) is 11.3 Å². The molecule has 1 heterocycles. The molecule has 1 aromatic rings. The zero-order valence-corrected chi connectivity index (χ0v) is 7.94. The fraction of sp³-hybridized carbons (Fsp3) is 0.400. The molecule has 9 heavy (non-hydrogen) atoms. The summed E-state index contributed by atoms with van der Waals surface area (Å²) >= 11 is 3.80. The van der Waals surface area contributed by atoms with E-state index in [1.54, 1.807) is 0 Å². The molecule has 50 valence electrons. The first-order chi connectivity index (χ1) is 4.20. The number of alkyl halides is 1. The Hall–Kier alpha value is 0.160. The summed E-state index contributed by atoms with van der Waals surface area (Å²) < 4.78 is 0.469. The lowest BCUT2D eigenvalue weighted by Crippen LogP contribution is -1.85. The molecule has 0 fully saturated rings. The number of aromatic nitrogens is 1. The number of halogens is 1. The quantitative estimate of drug-likeness (QED) is 0.616. The van der Waals surface area contributed by atoms with Crippen molar-refractivity contribution < 1.29 is 0 Å². The first kappa shape index (κ1) is 7.27. The second-order valence-electron chi connectivity index (χ2n) is 1.73. The summed E-state index contributed by atoms with van der Waals surface area (Å²) in [7, 11) is 0. The minimum Gasteiger partial charge on any atom is -0.375 e. The van der Waals surface area contributed by atoms with E-state index >= 15 is 0 Å². The molecule has 2 N–H and O–H groups in total. The smallest absolute Gasteiger partial charge is 0.180 e. The average molecular weight is 254 g/mol. The average Bonchev–Trinajstić information content (AvgIpc) is 2.14. The summed E-state index contributed by atoms with van der Waals surface area (Å²) in [5.74, 6) is 0. The third-order valence-corrected chi connectivity index (χ3v) is 2.28. The van der Waals surface area contributed by atoms with Crippen molar-refractivity contribution in [2.45, 2.75) is 10.8 Å². The number of rotatable bonds is 1. The van der Waals surface area contributed by atoms with Crippen LogP contribution >= 0.6 is 33.9 Å². The molecule has 4 heteroatoms. The molecule has 0 radical (unpaired) electrons. The summed E-state index contributed by atoms with van der Waals surface area (Å²) in [5.41, 5.74) is 6.50. The van der Waals surface area contributed by atoms with Crippen molar-refractivity contribution in [1.29, 1.82) is 0 Å². The van der Waals surface area contributed by atoms with Crippen LogP contribution in [0.25, 0.3) is 0 Å². The maximum absolute atomic E-state index is 5.42. The van der Waals surface area contributed by atoms with Gasteiger partial charge in [0.05, 0.1) is 9.62 Å². The normalized spacial score (nSPS) is 13.6. The Morgan fingerprint density at radius 1 is 1.89 bits per heavy atom. The summed E-state index contributed by atoms with van der Waals surface area (Å²) in [5, 5.41) is 2.65. The predicted octanol–water partition coefficient (Wildman–Crippen LogP) is 2.22. The summed E-state index contributed by atoms with van der Waals surface area (Å²) in [4.78, 5) is 4.10. The fourth-order valence-corrected chi connectivity index (χ4v) is 1.70. The van der Waals surface area contributed by atoms with E-state index in [-0.39, 0.29) is 0 Å². The van der Waals surface area contributed by atoms with Crippen molar-refractivity contribution in [2.75, 3.05) is 5.73 Å². The van der Waals surface area contributed by atoms with Gasteiger partial charge in [-0.2, -0.15) is 0 Å². The van der Waals surface area contributed by atoms with E-state index in [0.717, 1.165) is 5.69 Å². The maximum Gasteiger partial charge on any atom is 0.180 e. The molecule has 0 spiro atoms. The van der Waals surface area contributed by atoms with Crippen LogP contribution in [0.3, 0.4) is 0 Å². The van der Waals surface area contributed by atoms with Crippen LogP contribution in [-0.2, 0) is 0 Å². The SMILES string of the molecule is CC(I)c1csc(N)n1. The molecule has 1 atom stereocenters. The van der Waals surface area contributed by atoms with Gasteiger partial charge in [0.2, 0.25) is 0 Å². The molecule has 1 rings (SSSR count). The summed E-state index contributed by atoms with van der Waals surface area (Å²) in [6, 6.07) is 0. The lowest BCUT2D eigenvalue weighted by molar-refractivity contribution is 1.07. The number of anilines is 1. The molecule has 0 bridgehead atoms. The molecule has 1 unspecified atom stereocenters. The van der Waals surface area contributed by atoms with Gasteiger partial charge in [-0.15, -0.1) is 11.3 Å². The second kappa shape index (κ2) is 2.83. The molecule has 0 aliphatic heterocycles. The van der Waals surface area contributed by atoms with E-state index < -0.39 is 0 Å². The molecule has 0 amide bonds. The standard InChI is InChI=1S/C5H7IN2S/c1-3(6)4-2-9-5(7)8-4/h2-3H,1H3,(H2,7,8). The molecular formula is C5H7IN2S. The first-order valence-electron chi connectivity index (χ1n) is 2.55. The number of nitrogens with zero attached hydrogens (tertiary/aromatic N) is 1. The Kier molecular flexibility index (Phi) is 2.29. The largest absolute Gasteiger partial charge is 0.375 e. The van der Waals surface area contributed by atoms with Crippen LogP contribution in [-0.4, -0.2) is 4.98 Å². The van der Waals surface area contributed by atoms with E-state index in [4.69, 9.17) is 5.73 Å². The first-order valence-corrected chi connectivity index (χ1v) is 4.67. The summed E-state index contributed by atoms with van der Waals surface area (Å²) in [6.07, 6.45) is 0. The summed E-state index contributed by atoms with van der Waals surface area (Å²) in [6.45, 7) is 2.09. The Morgan fingerprint density at radius 2 is 2.56 bits per heavy atom. The third kappa shape index (κ3) is 1.79. The van der Waals surface area contributed by atoms with E-state index in [2.05, 4.69) is 34.5 Å². The highest BCUT2D eigenvalue weighted by Gasteiger charge is 2.02. The maximum atomic E-state index is 5.42. The van der Waals surface area contributed by atoms with Gasteiger partial charge in [0, 0.05) is 5.38 Å². The molecule has 0 aliphatic rings. The van der Waals surface area contributed by atoms with Crippen molar-refractivity contribution in [3.05, 3.63) is 11.1 Å². The van der Waals surface area contributed by atoms with Gasteiger partial charge in [-0.25, -0.2) is 4.98 Å². The van der Waals surface area contributed by atoms with Gasteiger partial charge < -0.3 is 5.73 Å². The third-order valence-electron chi connectivity index (χ3n) is 0.947. The Morgan fingerprint density at radius 3 is 2.78 bits per heavy atom. The van der Waals surface area contributed by atoms with Crippen molar-refractivity contribution >= 4 is 39.1 Å². The van der Waals surface area contributed by atoms with Crippen molar-refractivity contribution in [3.8, 4) is 0 Å². The highest BCUT2D eigenvalue weighted by atomic mass is 127. The van der Waals surface area contributed by atoms with E-state index in [0.29, 0.717) is 9.06 Å². The van der Waals surface area contributed by atoms with Gasteiger partial charge in [-0.3, -0.25) is 0 Å². The lowest BCUT2D eigenvalue weighted by Gasteiger charge is -1.92. The van der Waals surface area contributed by atoms with Crippen LogP contribution < -0.4 is 5.73 Å². The van der Waals surface area contributed by atoms with Crippen LogP contribution in [0.4, 0.5) is 5.13 Å². The number of nitrogen functional groups attached to an aromatic ring is 1. The van der Waals surface area contributed by atoms with Crippen LogP contribution in [0.1, 0.15) is 16.5 Å². The minimum absolute atomic E-state index is 0.469. The molecule has 0 aliphatic carbocycles. The molecule has 0 saturated carbocycles. The number of hydrogen-bond acceptors (Lipinski definition) is 3. The molecular weight excluding hydrogens is 247 g/mol. The predicted molar refractivity (Wildman–Crippen MR) is 49.0 cm³/mol. The van der Waals surface area contributed by atoms with Crippen molar-refractivity contribution in [3.63, 3.8) is 0 Å². The Balaban J connectivity index is 2.85. The van der Waals surface area contributed by atoms with Crippen LogP contribution in [0.15, 0.2) is 5.38 Å². The molecule has 0 saturated heterocycles. The van der Waals surface area contributed by atoms with Gasteiger partial charge in [0.1, 0.15) is 0 Å². The van der Waals surface area contributed by atoms with Gasteiger partial charge in [-0.05, 0) is 6.92 Å². The van der Waals surface area contributed by atoms with Crippen LogP contribution in [0.2, 0.25) is 0 Å². The van der Waals surface area contributed by atoms with E-state index in [1.807, 2.05) is 5.38 Å². The molecule has 0 aromatic carbocycles. The molecule has 1 aromatic heterocycles. The fourth-order valence-electron chi connectivity index (χ4n) is 0.483. The number of nitrogens with two attached hydrogens (primary N) is 1. The van der Waals surface area contributed by atoms with Gasteiger partial charge in [-0.1, -0.05) is 22.6 Å². The highest BCUT2D eigenvalue weighted by molar-refractivity contribution is 14.1. The lowest BCUT2D eigenvalue weighted by atomic mass is 10.4. The van der Waals surface area contributed by atoms with Crippen molar-refractivity contribution in [2.24, 2.45) is 0 Å². The Labute approximate surface area is 71.6 Å². The van der Waals surface area contributed by atoms with Gasteiger partial charge >= 0.3 is 0 Å². The van der Waals surface area contributed by atoms with E-state index in [9.17, 15) is 0 Å². The monoisotopic (exact) mass is 254 g/mol. The van der Waals surface area contributed by atoms with Crippen LogP contribution in [0.5, 0.6) is 0 Å². The highest BCUT2D eigenvalue weighted by Crippen LogP contribution is 2.24.